The van der Waals surface area contributed by atoms with Crippen LogP contribution in [0.3, 0.4) is 0 Å². The predicted octanol–water partition coefficient (Wildman–Crippen LogP) is 2.64. The van der Waals surface area contributed by atoms with Crippen molar-refractivity contribution in [2.75, 3.05) is 144 Å². The van der Waals surface area contributed by atoms with Crippen LogP contribution in [0, 0.1) is 0 Å². The summed E-state index contributed by atoms with van der Waals surface area (Å²) >= 11 is 0. The van der Waals surface area contributed by atoms with Crippen LogP contribution in [0.5, 0.6) is 5.75 Å². The summed E-state index contributed by atoms with van der Waals surface area (Å²) in [6.45, 7) is 9.64. The quantitative estimate of drug-likeness (QED) is 0.0556. The van der Waals surface area contributed by atoms with Gasteiger partial charge < -0.3 is 57.4 Å². The minimum absolute atomic E-state index is 0.0247. The number of hydrogen-bond acceptors (Lipinski definition) is 17. The predicted molar refractivity (Wildman–Crippen MR) is 236 cm³/mol. The number of anilines is 1. The zero-order valence-electron chi connectivity index (χ0n) is 37.7. The Kier molecular flexibility index (Phi) is 27.5. The van der Waals surface area contributed by atoms with Gasteiger partial charge in [0, 0.05) is 25.0 Å². The summed E-state index contributed by atoms with van der Waals surface area (Å²) in [7, 11) is 0. The van der Waals surface area contributed by atoms with Gasteiger partial charge in [0.2, 0.25) is 17.7 Å². The van der Waals surface area contributed by atoms with Crippen LogP contribution in [-0.4, -0.2) is 186 Å². The second-order valence-corrected chi connectivity index (χ2v) is 14.7. The lowest BCUT2D eigenvalue weighted by molar-refractivity contribution is -0.136. The average Bonchev–Trinajstić information content (AvgIpc) is 3.57. The molecule has 1 saturated heterocycles. The molecule has 66 heavy (non-hydrogen) atoms. The number of imide groups is 2. The molecule has 20 heteroatoms. The molecular formula is C46H65N3O17. The third-order valence-electron chi connectivity index (χ3n) is 9.80. The van der Waals surface area contributed by atoms with Crippen molar-refractivity contribution in [2.24, 2.45) is 0 Å². The van der Waals surface area contributed by atoms with Gasteiger partial charge in [0.1, 0.15) is 24.7 Å². The summed E-state index contributed by atoms with van der Waals surface area (Å²) < 4.78 is 60.6. The number of fused-ring (bicyclic) bond motifs is 1. The number of carbonyl (C=O) groups excluding carboxylic acids is 6. The van der Waals surface area contributed by atoms with E-state index in [4.69, 9.17) is 52.1 Å². The van der Waals surface area contributed by atoms with E-state index in [2.05, 4.69) is 10.6 Å². The molecule has 2 aliphatic rings. The highest BCUT2D eigenvalue weighted by Gasteiger charge is 2.45. The number of aldehydes is 1. The minimum atomic E-state index is -1.08. The van der Waals surface area contributed by atoms with E-state index in [1.54, 1.807) is 36.4 Å². The monoisotopic (exact) mass is 931 g/mol. The van der Waals surface area contributed by atoms with Gasteiger partial charge in [-0.1, -0.05) is 12.5 Å². The van der Waals surface area contributed by atoms with Crippen molar-refractivity contribution in [2.45, 2.75) is 44.6 Å². The standard InChI is InChI=1S/C46H65N3O17/c50-35-36-8-10-37(11-9-36)66-34-33-65-32-31-64-30-29-63-28-27-62-26-25-61-24-23-60-22-21-59-20-19-58-18-17-57-16-15-56-14-3-1-2-7-41(51)47-39-6-4-5-38-43(39)46(55)49(45(38)54)40-12-13-42(52)48-44(40)53/h4-6,8-11,35,40H,1-3,7,12-34H2,(H,47,51)(H,48,52,53). The second-order valence-electron chi connectivity index (χ2n) is 14.7. The lowest BCUT2D eigenvalue weighted by Gasteiger charge is -2.27. The number of carbonyl (C=O) groups is 6. The number of piperidine rings is 1. The Morgan fingerprint density at radius 1 is 0.576 bits per heavy atom. The van der Waals surface area contributed by atoms with Gasteiger partial charge in [-0.2, -0.15) is 0 Å². The Morgan fingerprint density at radius 3 is 1.52 bits per heavy atom. The summed E-state index contributed by atoms with van der Waals surface area (Å²) in [5.41, 5.74) is 0.978. The summed E-state index contributed by atoms with van der Waals surface area (Å²) in [5, 5.41) is 4.90. The number of nitrogens with one attached hydrogen (secondary N) is 2. The average molecular weight is 932 g/mol. The van der Waals surface area contributed by atoms with Crippen molar-refractivity contribution < 1.29 is 80.9 Å². The molecular weight excluding hydrogens is 867 g/mol. The maximum Gasteiger partial charge on any atom is 0.264 e. The van der Waals surface area contributed by atoms with Crippen LogP contribution in [0.25, 0.3) is 0 Å². The fourth-order valence-corrected chi connectivity index (χ4v) is 6.44. The molecule has 5 amide bonds. The molecule has 2 aliphatic heterocycles. The van der Waals surface area contributed by atoms with Crippen LogP contribution < -0.4 is 15.4 Å². The van der Waals surface area contributed by atoms with Crippen LogP contribution >= 0.6 is 0 Å². The molecule has 0 saturated carbocycles. The van der Waals surface area contributed by atoms with E-state index < -0.39 is 29.7 Å². The van der Waals surface area contributed by atoms with Crippen LogP contribution in [0.15, 0.2) is 42.5 Å². The highest BCUT2D eigenvalue weighted by atomic mass is 16.6. The number of unbranched alkanes of at least 4 members (excludes halogenated alkanes) is 2. The van der Waals surface area contributed by atoms with Gasteiger partial charge >= 0.3 is 0 Å². The zero-order valence-corrected chi connectivity index (χ0v) is 37.7. The van der Waals surface area contributed by atoms with E-state index in [1.807, 2.05) is 0 Å². The van der Waals surface area contributed by atoms with Crippen LogP contribution in [0.4, 0.5) is 5.69 Å². The normalized spacial score (nSPS) is 14.7. The number of hydrogen-bond donors (Lipinski definition) is 2. The summed E-state index contributed by atoms with van der Waals surface area (Å²) in [6, 6.07) is 10.4. The minimum Gasteiger partial charge on any atom is -0.491 e. The third kappa shape index (κ3) is 21.3. The number of ether oxygens (including phenoxy) is 11. The Bertz CT molecular complexity index is 1750. The van der Waals surface area contributed by atoms with E-state index in [0.29, 0.717) is 156 Å². The first-order chi connectivity index (χ1) is 32.4. The van der Waals surface area contributed by atoms with E-state index >= 15 is 0 Å². The van der Waals surface area contributed by atoms with Gasteiger partial charge in [0.05, 0.1) is 142 Å². The van der Waals surface area contributed by atoms with Gasteiger partial charge in [-0.25, -0.2) is 0 Å². The number of amides is 5. The molecule has 0 aliphatic carbocycles. The lowest BCUT2D eigenvalue weighted by Crippen LogP contribution is -2.54. The van der Waals surface area contributed by atoms with Crippen molar-refractivity contribution in [3.8, 4) is 5.75 Å². The van der Waals surface area contributed by atoms with Crippen LogP contribution in [0.2, 0.25) is 0 Å². The van der Waals surface area contributed by atoms with Crippen molar-refractivity contribution in [1.29, 1.82) is 0 Å². The first-order valence-corrected chi connectivity index (χ1v) is 22.5. The molecule has 1 fully saturated rings. The van der Waals surface area contributed by atoms with Crippen LogP contribution in [0.1, 0.15) is 69.6 Å². The molecule has 0 bridgehead atoms. The molecule has 2 aromatic rings. The fraction of sp³-hybridized carbons (Fsp3) is 0.609. The zero-order chi connectivity index (χ0) is 46.9. The SMILES string of the molecule is O=Cc1ccc(OCCOCCOCCOCCOCCOCCOCCOCCOCCOCCOCCCCCC(=O)Nc2cccc3c2C(=O)N(C2CCC(=O)NC2=O)C3=O)cc1. The van der Waals surface area contributed by atoms with E-state index in [9.17, 15) is 28.8 Å². The largest absolute Gasteiger partial charge is 0.491 e. The summed E-state index contributed by atoms with van der Waals surface area (Å²) in [6.07, 6.45) is 3.21. The van der Waals surface area contributed by atoms with Crippen molar-refractivity contribution in [3.63, 3.8) is 0 Å². The van der Waals surface area contributed by atoms with E-state index in [1.165, 1.54) is 6.07 Å². The van der Waals surface area contributed by atoms with E-state index in [0.717, 1.165) is 24.0 Å². The molecule has 0 spiro atoms. The lowest BCUT2D eigenvalue weighted by atomic mass is 10.0. The topological polar surface area (TPSA) is 231 Å². The van der Waals surface area contributed by atoms with Gasteiger partial charge in [-0.05, 0) is 55.7 Å². The molecule has 0 aromatic heterocycles. The van der Waals surface area contributed by atoms with Gasteiger partial charge in [-0.15, -0.1) is 0 Å². The Labute approximate surface area is 385 Å². The fourth-order valence-electron chi connectivity index (χ4n) is 6.44. The third-order valence-corrected chi connectivity index (χ3v) is 9.80. The Morgan fingerprint density at radius 2 is 1.05 bits per heavy atom. The summed E-state index contributed by atoms with van der Waals surface area (Å²) in [4.78, 5) is 74.3. The number of benzene rings is 2. The first-order valence-electron chi connectivity index (χ1n) is 22.5. The Balaban J connectivity index is 0.806. The van der Waals surface area contributed by atoms with Crippen molar-refractivity contribution in [3.05, 3.63) is 59.2 Å². The number of nitrogens with zero attached hydrogens (tertiary/aromatic N) is 1. The first kappa shape index (κ1) is 53.9. The van der Waals surface area contributed by atoms with Crippen LogP contribution in [-0.2, 0) is 61.8 Å². The second kappa shape index (κ2) is 33.7. The highest BCUT2D eigenvalue weighted by Crippen LogP contribution is 2.32. The molecule has 4 rings (SSSR count). The maximum absolute atomic E-state index is 13.2. The molecule has 2 N–H and O–H groups in total. The summed E-state index contributed by atoms with van der Waals surface area (Å²) in [5.74, 6) is -2.04. The smallest absolute Gasteiger partial charge is 0.264 e. The molecule has 2 aromatic carbocycles. The molecule has 366 valence electrons. The van der Waals surface area contributed by atoms with Gasteiger partial charge in [0.15, 0.2) is 0 Å². The molecule has 1 unspecified atom stereocenters. The highest BCUT2D eigenvalue weighted by molar-refractivity contribution is 6.26. The van der Waals surface area contributed by atoms with Gasteiger partial charge in [0.25, 0.3) is 11.8 Å². The Hall–Kier alpha value is -4.74. The van der Waals surface area contributed by atoms with Crippen molar-refractivity contribution >= 4 is 41.5 Å². The molecule has 20 nitrogen and oxygen atoms in total. The molecule has 1 atom stereocenters. The van der Waals surface area contributed by atoms with Gasteiger partial charge in [-0.3, -0.25) is 39.0 Å². The van der Waals surface area contributed by atoms with Crippen molar-refractivity contribution in [1.82, 2.24) is 10.2 Å². The molecule has 2 heterocycles. The number of rotatable bonds is 40. The maximum atomic E-state index is 13.2. The molecule has 0 radical (unpaired) electrons. The van der Waals surface area contributed by atoms with E-state index in [-0.39, 0.29) is 42.0 Å².